The summed E-state index contributed by atoms with van der Waals surface area (Å²) in [5, 5.41) is 7.22. The molecule has 1 heterocycles. The minimum absolute atomic E-state index is 0.257. The number of fused-ring (bicyclic) bond motifs is 1. The Morgan fingerprint density at radius 2 is 1.90 bits per heavy atom. The third-order valence-electron chi connectivity index (χ3n) is 4.95. The molecule has 0 radical (unpaired) electrons. The Balaban J connectivity index is 1.71. The molecular formula is C21H19F2N3O3. The lowest BCUT2D eigenvalue weighted by atomic mass is 10.2. The molecule has 0 saturated heterocycles. The van der Waals surface area contributed by atoms with Crippen LogP contribution >= 0.6 is 0 Å². The fraction of sp³-hybridized carbons (Fsp3) is 0.238. The highest BCUT2D eigenvalue weighted by Crippen LogP contribution is 2.32. The van der Waals surface area contributed by atoms with E-state index in [2.05, 4.69) is 10.4 Å². The number of hydrogen-bond donors (Lipinski definition) is 1. The Hall–Kier alpha value is -3.42. The number of benzene rings is 2. The fourth-order valence-electron chi connectivity index (χ4n) is 3.54. The summed E-state index contributed by atoms with van der Waals surface area (Å²) in [6.07, 6.45) is 2.26. The van der Waals surface area contributed by atoms with Gasteiger partial charge in [-0.1, -0.05) is 0 Å². The highest BCUT2D eigenvalue weighted by atomic mass is 19.2. The van der Waals surface area contributed by atoms with Crippen LogP contribution in [0.1, 0.15) is 28.2 Å². The minimum Gasteiger partial charge on any atom is -0.497 e. The number of hydrogen-bond acceptors (Lipinski definition) is 4. The van der Waals surface area contributed by atoms with Gasteiger partial charge in [-0.15, -0.1) is 0 Å². The Morgan fingerprint density at radius 1 is 1.07 bits per heavy atom. The van der Waals surface area contributed by atoms with Crippen LogP contribution in [0, 0.1) is 11.6 Å². The first-order valence-electron chi connectivity index (χ1n) is 9.11. The first-order chi connectivity index (χ1) is 14.0. The molecule has 0 spiro atoms. The third kappa shape index (κ3) is 3.41. The van der Waals surface area contributed by atoms with Crippen molar-refractivity contribution in [2.75, 3.05) is 19.5 Å². The third-order valence-corrected chi connectivity index (χ3v) is 4.95. The number of anilines is 1. The van der Waals surface area contributed by atoms with Crippen molar-refractivity contribution >= 4 is 11.6 Å². The van der Waals surface area contributed by atoms with E-state index in [0.717, 1.165) is 29.8 Å². The monoisotopic (exact) mass is 399 g/mol. The number of carbonyl (C=O) groups excluding carboxylic acids is 1. The van der Waals surface area contributed by atoms with Gasteiger partial charge >= 0.3 is 0 Å². The molecule has 0 saturated carbocycles. The maximum atomic E-state index is 13.7. The molecule has 2 aromatic carbocycles. The van der Waals surface area contributed by atoms with Gasteiger partial charge in [0.1, 0.15) is 11.5 Å². The van der Waals surface area contributed by atoms with Crippen molar-refractivity contribution in [3.05, 3.63) is 65.0 Å². The van der Waals surface area contributed by atoms with E-state index in [0.29, 0.717) is 35.7 Å². The first kappa shape index (κ1) is 18.9. The smallest absolute Gasteiger partial charge is 0.276 e. The molecule has 1 aliphatic carbocycles. The van der Waals surface area contributed by atoms with Crippen LogP contribution in [0.5, 0.6) is 11.5 Å². The van der Waals surface area contributed by atoms with Crippen LogP contribution in [0.3, 0.4) is 0 Å². The van der Waals surface area contributed by atoms with E-state index in [1.165, 1.54) is 25.0 Å². The molecule has 1 amide bonds. The lowest BCUT2D eigenvalue weighted by Gasteiger charge is -2.11. The number of amides is 1. The summed E-state index contributed by atoms with van der Waals surface area (Å²) < 4.78 is 39.0. The molecule has 8 heteroatoms. The Labute approximate surface area is 166 Å². The minimum atomic E-state index is -0.961. The lowest BCUT2D eigenvalue weighted by molar-refractivity contribution is 0.102. The first-order valence-corrected chi connectivity index (χ1v) is 9.11. The van der Waals surface area contributed by atoms with Crippen molar-refractivity contribution in [1.82, 2.24) is 9.78 Å². The second kappa shape index (κ2) is 7.54. The van der Waals surface area contributed by atoms with Gasteiger partial charge in [0, 0.05) is 23.4 Å². The summed E-state index contributed by atoms with van der Waals surface area (Å²) in [5.41, 5.74) is 2.73. The van der Waals surface area contributed by atoms with E-state index in [1.54, 1.807) is 18.2 Å². The van der Waals surface area contributed by atoms with Crippen LogP contribution in [0.15, 0.2) is 36.4 Å². The number of aromatic nitrogens is 2. The van der Waals surface area contributed by atoms with Gasteiger partial charge < -0.3 is 14.8 Å². The number of nitrogens with zero attached hydrogens (tertiary/aromatic N) is 2. The topological polar surface area (TPSA) is 65.4 Å². The van der Waals surface area contributed by atoms with Gasteiger partial charge in [-0.2, -0.15) is 5.10 Å². The van der Waals surface area contributed by atoms with Crippen molar-refractivity contribution in [1.29, 1.82) is 0 Å². The molecule has 0 bridgehead atoms. The van der Waals surface area contributed by atoms with E-state index in [9.17, 15) is 13.6 Å². The molecule has 150 valence electrons. The molecule has 3 aromatic rings. The van der Waals surface area contributed by atoms with Crippen LogP contribution in [-0.2, 0) is 12.8 Å². The molecule has 1 N–H and O–H groups in total. The second-order valence-corrected chi connectivity index (χ2v) is 6.66. The predicted molar refractivity (Wildman–Crippen MR) is 103 cm³/mol. The summed E-state index contributed by atoms with van der Waals surface area (Å²) in [5.74, 6) is -1.25. The van der Waals surface area contributed by atoms with Crippen LogP contribution in [0.4, 0.5) is 14.5 Å². The molecule has 0 aliphatic heterocycles. The fourth-order valence-corrected chi connectivity index (χ4v) is 3.54. The molecular weight excluding hydrogens is 380 g/mol. The summed E-state index contributed by atoms with van der Waals surface area (Å²) in [4.78, 5) is 13.0. The number of carbonyl (C=O) groups is 1. The largest absolute Gasteiger partial charge is 0.497 e. The highest BCUT2D eigenvalue weighted by Gasteiger charge is 2.27. The molecule has 6 nitrogen and oxygen atoms in total. The second-order valence-electron chi connectivity index (χ2n) is 6.66. The van der Waals surface area contributed by atoms with Crippen molar-refractivity contribution in [3.63, 3.8) is 0 Å². The molecule has 0 atom stereocenters. The Morgan fingerprint density at radius 3 is 2.62 bits per heavy atom. The molecule has 0 fully saturated rings. The normalized spacial score (nSPS) is 12.6. The number of ether oxygens (including phenoxy) is 2. The van der Waals surface area contributed by atoms with Gasteiger partial charge in [0.15, 0.2) is 17.3 Å². The Bertz CT molecular complexity index is 1100. The van der Waals surface area contributed by atoms with E-state index in [-0.39, 0.29) is 5.69 Å². The summed E-state index contributed by atoms with van der Waals surface area (Å²) >= 11 is 0. The molecule has 29 heavy (non-hydrogen) atoms. The maximum Gasteiger partial charge on any atom is 0.276 e. The zero-order valence-electron chi connectivity index (χ0n) is 16.0. The number of methoxy groups -OCH3 is 2. The van der Waals surface area contributed by atoms with Gasteiger partial charge in [-0.25, -0.2) is 13.5 Å². The molecule has 1 aromatic heterocycles. The zero-order chi connectivity index (χ0) is 20.5. The Kier molecular flexibility index (Phi) is 4.92. The van der Waals surface area contributed by atoms with Gasteiger partial charge in [-0.3, -0.25) is 4.79 Å². The average molecular weight is 399 g/mol. The van der Waals surface area contributed by atoms with E-state index in [4.69, 9.17) is 9.47 Å². The summed E-state index contributed by atoms with van der Waals surface area (Å²) in [6.45, 7) is 0. The van der Waals surface area contributed by atoms with Gasteiger partial charge in [0.25, 0.3) is 5.91 Å². The van der Waals surface area contributed by atoms with Crippen LogP contribution in [-0.4, -0.2) is 29.9 Å². The number of halogens is 2. The van der Waals surface area contributed by atoms with E-state index in [1.807, 2.05) is 0 Å². The van der Waals surface area contributed by atoms with Gasteiger partial charge in [0.2, 0.25) is 0 Å². The average Bonchev–Trinajstić information content (AvgIpc) is 3.32. The van der Waals surface area contributed by atoms with Crippen LogP contribution in [0.25, 0.3) is 5.69 Å². The van der Waals surface area contributed by atoms with Gasteiger partial charge in [-0.05, 0) is 43.5 Å². The zero-order valence-corrected chi connectivity index (χ0v) is 16.0. The summed E-state index contributed by atoms with van der Waals surface area (Å²) in [7, 11) is 3.04. The standard InChI is InChI=1S/C21H19F2N3O3/c1-28-13-7-9-19(29-2)17(11-13)24-21(27)20-14-4-3-5-18(14)26(25-20)12-6-8-15(22)16(23)10-12/h6-11H,3-5H2,1-2H3,(H,24,27). The molecule has 0 unspecified atom stereocenters. The lowest BCUT2D eigenvalue weighted by Crippen LogP contribution is -2.15. The SMILES string of the molecule is COc1ccc(OC)c(NC(=O)c2nn(-c3ccc(F)c(F)c3)c3c2CCC3)c1. The quantitative estimate of drug-likeness (QED) is 0.707. The number of nitrogens with one attached hydrogen (secondary N) is 1. The maximum absolute atomic E-state index is 13.7. The van der Waals surface area contributed by atoms with Crippen molar-refractivity contribution in [2.24, 2.45) is 0 Å². The molecule has 1 aliphatic rings. The molecule has 4 rings (SSSR count). The van der Waals surface area contributed by atoms with Crippen LogP contribution < -0.4 is 14.8 Å². The van der Waals surface area contributed by atoms with Crippen molar-refractivity contribution < 1.29 is 23.0 Å². The van der Waals surface area contributed by atoms with Gasteiger partial charge in [0.05, 0.1) is 25.6 Å². The predicted octanol–water partition coefficient (Wildman–Crippen LogP) is 3.91. The van der Waals surface area contributed by atoms with Crippen molar-refractivity contribution in [3.8, 4) is 17.2 Å². The number of rotatable bonds is 5. The highest BCUT2D eigenvalue weighted by molar-refractivity contribution is 6.05. The van der Waals surface area contributed by atoms with Crippen LogP contribution in [0.2, 0.25) is 0 Å². The van der Waals surface area contributed by atoms with E-state index >= 15 is 0 Å². The van der Waals surface area contributed by atoms with E-state index < -0.39 is 17.5 Å². The van der Waals surface area contributed by atoms with Crippen molar-refractivity contribution in [2.45, 2.75) is 19.3 Å². The summed E-state index contributed by atoms with van der Waals surface area (Å²) in [6, 6.07) is 8.64.